The topological polar surface area (TPSA) is 77.8 Å². The Bertz CT molecular complexity index is 546. The van der Waals surface area contributed by atoms with Crippen molar-refractivity contribution in [1.29, 1.82) is 0 Å². The summed E-state index contributed by atoms with van der Waals surface area (Å²) in [5.41, 5.74) is 0.235. The molecule has 0 aromatic carbocycles. The van der Waals surface area contributed by atoms with Crippen LogP contribution in [-0.4, -0.2) is 34.5 Å². The lowest BCUT2D eigenvalue weighted by molar-refractivity contribution is -0.144. The summed E-state index contributed by atoms with van der Waals surface area (Å²) in [4.78, 5) is 9.25. The van der Waals surface area contributed by atoms with Crippen molar-refractivity contribution in [2.24, 2.45) is 46.3 Å². The molecule has 134 valence electrons. The predicted octanol–water partition coefficient (Wildman–Crippen LogP) is 2.70. The molecule has 5 aliphatic rings. The van der Waals surface area contributed by atoms with Crippen LogP contribution >= 0.6 is 0 Å². The molecule has 4 bridgehead atoms. The van der Waals surface area contributed by atoms with Crippen molar-refractivity contribution in [3.05, 3.63) is 12.7 Å². The fourth-order valence-electron chi connectivity index (χ4n) is 8.53. The van der Waals surface area contributed by atoms with Crippen LogP contribution in [0.15, 0.2) is 12.7 Å². The first-order valence-corrected chi connectivity index (χ1v) is 9.62. The van der Waals surface area contributed by atoms with Gasteiger partial charge in [-0.1, -0.05) is 13.0 Å². The van der Waals surface area contributed by atoms with E-state index in [1.807, 2.05) is 0 Å². The molecule has 0 heterocycles. The average Bonchev–Trinajstić information content (AvgIpc) is 3.36. The summed E-state index contributed by atoms with van der Waals surface area (Å²) >= 11 is 0. The van der Waals surface area contributed by atoms with Crippen molar-refractivity contribution >= 4 is 5.97 Å². The highest BCUT2D eigenvalue weighted by Gasteiger charge is 2.79. The number of hydrogen-bond acceptors (Lipinski definition) is 3. The Morgan fingerprint density at radius 2 is 1.88 bits per heavy atom. The van der Waals surface area contributed by atoms with Gasteiger partial charge in [0.15, 0.2) is 0 Å². The zero-order chi connectivity index (χ0) is 17.1. The number of hydrogen-bond donors (Lipinski definition) is 3. The molecule has 5 fully saturated rings. The lowest BCUT2D eigenvalue weighted by Gasteiger charge is -2.56. The molecule has 0 amide bonds. The molecule has 0 saturated heterocycles. The largest absolute Gasteiger partial charge is 0.478 e. The van der Waals surface area contributed by atoms with E-state index in [2.05, 4.69) is 6.58 Å². The highest BCUT2D eigenvalue weighted by atomic mass is 16.4. The molecule has 5 saturated carbocycles. The van der Waals surface area contributed by atoms with E-state index in [0.717, 1.165) is 41.6 Å². The Labute approximate surface area is 144 Å². The molecule has 0 spiro atoms. The molecule has 4 heteroatoms. The molecule has 24 heavy (non-hydrogen) atoms. The number of carboxylic acids is 1. The summed E-state index contributed by atoms with van der Waals surface area (Å²) in [5, 5.41) is 28.3. The van der Waals surface area contributed by atoms with Crippen LogP contribution in [0.4, 0.5) is 0 Å². The van der Waals surface area contributed by atoms with Gasteiger partial charge in [0.1, 0.15) is 0 Å². The van der Waals surface area contributed by atoms with Crippen LogP contribution < -0.4 is 0 Å². The van der Waals surface area contributed by atoms with E-state index < -0.39 is 5.97 Å². The molecule has 4 nitrogen and oxygen atoms in total. The normalized spacial score (nSPS) is 52.6. The van der Waals surface area contributed by atoms with Gasteiger partial charge >= 0.3 is 5.97 Å². The number of aliphatic hydroxyl groups is 2. The van der Waals surface area contributed by atoms with Gasteiger partial charge in [-0.2, -0.15) is 0 Å². The van der Waals surface area contributed by atoms with Crippen molar-refractivity contribution in [2.45, 2.75) is 44.9 Å². The molecular weight excluding hydrogens is 304 g/mol. The van der Waals surface area contributed by atoms with E-state index >= 15 is 0 Å². The molecular formula is C20H30O4. The van der Waals surface area contributed by atoms with Gasteiger partial charge in [0, 0.05) is 30.1 Å². The Kier molecular flexibility index (Phi) is 3.85. The van der Waals surface area contributed by atoms with Crippen LogP contribution in [-0.2, 0) is 4.79 Å². The van der Waals surface area contributed by atoms with Crippen molar-refractivity contribution in [1.82, 2.24) is 0 Å². The van der Waals surface area contributed by atoms with Gasteiger partial charge in [-0.25, -0.2) is 4.79 Å². The zero-order valence-corrected chi connectivity index (χ0v) is 14.4. The van der Waals surface area contributed by atoms with Crippen LogP contribution in [0.5, 0.6) is 0 Å². The lowest BCUT2D eigenvalue weighted by Crippen LogP contribution is -2.56. The molecule has 3 N–H and O–H groups in total. The third-order valence-electron chi connectivity index (χ3n) is 8.84. The third kappa shape index (κ3) is 1.74. The van der Waals surface area contributed by atoms with Crippen LogP contribution in [0.1, 0.15) is 44.9 Å². The highest BCUT2D eigenvalue weighted by Crippen LogP contribution is 2.82. The SMILES string of the molecule is C=CC(=O)O.OCC12CC(C3CCCC31)C1C3CCC(C3)C12CO. The van der Waals surface area contributed by atoms with Crippen molar-refractivity contribution in [3.63, 3.8) is 0 Å². The van der Waals surface area contributed by atoms with Crippen molar-refractivity contribution < 1.29 is 20.1 Å². The monoisotopic (exact) mass is 334 g/mol. The van der Waals surface area contributed by atoms with E-state index in [0.29, 0.717) is 13.2 Å². The average molecular weight is 334 g/mol. The standard InChI is InChI=1S/C17H26O2.C3H4O2/c18-8-16-7-13(12-2-1-3-14(12)16)15-10-4-5-11(6-10)17(15,16)9-19;1-2-3(4)5/h10-15,18-19H,1-9H2;2H,1H2,(H,4,5). The maximum atomic E-state index is 10.4. The first-order valence-electron chi connectivity index (χ1n) is 9.62. The Morgan fingerprint density at radius 1 is 1.12 bits per heavy atom. The van der Waals surface area contributed by atoms with Gasteiger partial charge in [0.25, 0.3) is 0 Å². The molecule has 8 atom stereocenters. The number of carboxylic acid groups (broad SMARTS) is 1. The Hall–Kier alpha value is -0.870. The van der Waals surface area contributed by atoms with E-state index in [-0.39, 0.29) is 10.8 Å². The van der Waals surface area contributed by atoms with E-state index in [4.69, 9.17) is 5.11 Å². The van der Waals surface area contributed by atoms with Gasteiger partial charge in [-0.3, -0.25) is 0 Å². The molecule has 5 rings (SSSR count). The molecule has 0 aromatic rings. The maximum absolute atomic E-state index is 10.4. The smallest absolute Gasteiger partial charge is 0.327 e. The highest BCUT2D eigenvalue weighted by molar-refractivity contribution is 5.78. The molecule has 0 radical (unpaired) electrons. The van der Waals surface area contributed by atoms with Gasteiger partial charge in [0.2, 0.25) is 0 Å². The summed E-state index contributed by atoms with van der Waals surface area (Å²) in [6, 6.07) is 0. The van der Waals surface area contributed by atoms with Crippen LogP contribution in [0.3, 0.4) is 0 Å². The zero-order valence-electron chi connectivity index (χ0n) is 14.4. The number of aliphatic hydroxyl groups excluding tert-OH is 2. The van der Waals surface area contributed by atoms with E-state index in [1.54, 1.807) is 0 Å². The third-order valence-corrected chi connectivity index (χ3v) is 8.84. The molecule has 0 aromatic heterocycles. The lowest BCUT2D eigenvalue weighted by atomic mass is 9.49. The first kappa shape index (κ1) is 16.6. The van der Waals surface area contributed by atoms with Crippen LogP contribution in [0, 0.1) is 46.3 Å². The summed E-state index contributed by atoms with van der Waals surface area (Å²) < 4.78 is 0. The molecule has 0 aliphatic heterocycles. The second-order valence-corrected chi connectivity index (χ2v) is 8.92. The van der Waals surface area contributed by atoms with Gasteiger partial charge in [-0.15, -0.1) is 0 Å². The second-order valence-electron chi connectivity index (χ2n) is 8.92. The number of rotatable bonds is 3. The van der Waals surface area contributed by atoms with E-state index in [9.17, 15) is 15.0 Å². The van der Waals surface area contributed by atoms with Crippen LogP contribution in [0.25, 0.3) is 0 Å². The fourth-order valence-corrected chi connectivity index (χ4v) is 8.53. The van der Waals surface area contributed by atoms with Crippen LogP contribution in [0.2, 0.25) is 0 Å². The molecule has 8 unspecified atom stereocenters. The number of aliphatic carboxylic acids is 1. The summed E-state index contributed by atoms with van der Waals surface area (Å²) in [7, 11) is 0. The Morgan fingerprint density at radius 3 is 2.50 bits per heavy atom. The fraction of sp³-hybridized carbons (Fsp3) is 0.850. The van der Waals surface area contributed by atoms with Gasteiger partial charge in [-0.05, 0) is 74.0 Å². The minimum Gasteiger partial charge on any atom is -0.478 e. The predicted molar refractivity (Wildman–Crippen MR) is 90.1 cm³/mol. The minimum atomic E-state index is -0.981. The minimum absolute atomic E-state index is 0.109. The number of carbonyl (C=O) groups is 1. The summed E-state index contributed by atoms with van der Waals surface area (Å²) in [6.07, 6.45) is 10.3. The van der Waals surface area contributed by atoms with Crippen molar-refractivity contribution in [3.8, 4) is 0 Å². The van der Waals surface area contributed by atoms with Crippen molar-refractivity contribution in [2.75, 3.05) is 13.2 Å². The Balaban J connectivity index is 0.000000260. The maximum Gasteiger partial charge on any atom is 0.327 e. The quantitative estimate of drug-likeness (QED) is 0.548. The van der Waals surface area contributed by atoms with E-state index in [1.165, 1.54) is 44.9 Å². The van der Waals surface area contributed by atoms with Gasteiger partial charge in [0.05, 0.1) is 0 Å². The summed E-state index contributed by atoms with van der Waals surface area (Å²) in [5.74, 6) is 3.89. The molecule has 5 aliphatic carbocycles. The second kappa shape index (κ2) is 5.57. The first-order chi connectivity index (χ1) is 11.6. The number of fused-ring (bicyclic) bond motifs is 12. The van der Waals surface area contributed by atoms with Gasteiger partial charge < -0.3 is 15.3 Å². The summed E-state index contributed by atoms with van der Waals surface area (Å²) in [6.45, 7) is 3.67.